The number of nitrogens with one attached hydrogen (secondary N) is 1. The number of rotatable bonds is 7. The Morgan fingerprint density at radius 2 is 2.18 bits per heavy atom. The summed E-state index contributed by atoms with van der Waals surface area (Å²) in [6.45, 7) is 4.33. The van der Waals surface area contributed by atoms with Gasteiger partial charge >= 0.3 is 0 Å². The maximum atomic E-state index is 8.94. The van der Waals surface area contributed by atoms with E-state index < -0.39 is 0 Å². The summed E-state index contributed by atoms with van der Waals surface area (Å²) >= 11 is 0. The third-order valence-electron chi connectivity index (χ3n) is 2.59. The molecule has 0 aliphatic carbocycles. The molecule has 0 aliphatic rings. The predicted molar refractivity (Wildman–Crippen MR) is 69.8 cm³/mol. The molecule has 0 saturated heterocycles. The van der Waals surface area contributed by atoms with Crippen LogP contribution in [0.4, 0.5) is 11.6 Å². The topological polar surface area (TPSA) is 84.1 Å². The van der Waals surface area contributed by atoms with Crippen LogP contribution < -0.4 is 11.1 Å². The second-order valence-electron chi connectivity index (χ2n) is 4.11. The van der Waals surface area contributed by atoms with E-state index in [1.165, 1.54) is 0 Å². The summed E-state index contributed by atoms with van der Waals surface area (Å²) in [7, 11) is 0. The van der Waals surface area contributed by atoms with Gasteiger partial charge in [0.15, 0.2) is 0 Å². The number of aromatic nitrogens is 2. The van der Waals surface area contributed by atoms with Gasteiger partial charge in [0.1, 0.15) is 17.5 Å². The number of aryl methyl sites for hydroxylation is 1. The fourth-order valence-electron chi connectivity index (χ4n) is 1.67. The van der Waals surface area contributed by atoms with Gasteiger partial charge in [0.25, 0.3) is 0 Å². The van der Waals surface area contributed by atoms with Crippen molar-refractivity contribution >= 4 is 11.6 Å². The summed E-state index contributed by atoms with van der Waals surface area (Å²) in [4.78, 5) is 8.59. The van der Waals surface area contributed by atoms with Gasteiger partial charge in [-0.3, -0.25) is 0 Å². The molecule has 0 aromatic carbocycles. The molecule has 96 valence electrons. The van der Waals surface area contributed by atoms with Gasteiger partial charge in [-0.1, -0.05) is 13.8 Å². The average Bonchev–Trinajstić information content (AvgIpc) is 2.28. The van der Waals surface area contributed by atoms with Crippen LogP contribution in [0.5, 0.6) is 0 Å². The van der Waals surface area contributed by atoms with Crippen molar-refractivity contribution < 1.29 is 5.11 Å². The van der Waals surface area contributed by atoms with Crippen molar-refractivity contribution in [2.75, 3.05) is 17.7 Å². The molecule has 0 saturated carbocycles. The van der Waals surface area contributed by atoms with Gasteiger partial charge in [-0.15, -0.1) is 0 Å². The minimum atomic E-state index is 0.174. The molecule has 1 heterocycles. The largest absolute Gasteiger partial charge is 0.396 e. The van der Waals surface area contributed by atoms with Crippen molar-refractivity contribution in [1.29, 1.82) is 0 Å². The molecule has 0 radical (unpaired) electrons. The summed E-state index contributed by atoms with van der Waals surface area (Å²) in [5.74, 6) is 2.01. The van der Waals surface area contributed by atoms with Crippen molar-refractivity contribution in [3.8, 4) is 0 Å². The molecular formula is C12H22N4O. The zero-order valence-corrected chi connectivity index (χ0v) is 10.6. The summed E-state index contributed by atoms with van der Waals surface area (Å²) < 4.78 is 0. The first kappa shape index (κ1) is 13.7. The highest BCUT2D eigenvalue weighted by molar-refractivity contribution is 5.45. The lowest BCUT2D eigenvalue weighted by Gasteiger charge is -2.17. The number of nitrogen functional groups attached to an aromatic ring is 1. The summed E-state index contributed by atoms with van der Waals surface area (Å²) in [6.07, 6.45) is 3.48. The van der Waals surface area contributed by atoms with Crippen LogP contribution in [0.15, 0.2) is 6.07 Å². The van der Waals surface area contributed by atoms with Crippen LogP contribution in [0.25, 0.3) is 0 Å². The number of anilines is 2. The summed E-state index contributed by atoms with van der Waals surface area (Å²) in [6, 6.07) is 1.96. The number of aliphatic hydroxyl groups excluding tert-OH is 1. The standard InChI is InChI=1S/C12H22N4O/c1-3-5-11-15-10(13)8-12(16-11)14-9(4-2)6-7-17/h8-9,17H,3-7H2,1-2H3,(H3,13,14,15,16). The Labute approximate surface area is 102 Å². The molecule has 0 spiro atoms. The molecular weight excluding hydrogens is 216 g/mol. The van der Waals surface area contributed by atoms with Gasteiger partial charge in [-0.25, -0.2) is 9.97 Å². The van der Waals surface area contributed by atoms with Crippen LogP contribution in [-0.4, -0.2) is 27.7 Å². The first-order chi connectivity index (χ1) is 8.19. The first-order valence-corrected chi connectivity index (χ1v) is 6.20. The van der Waals surface area contributed by atoms with Gasteiger partial charge in [-0.05, 0) is 19.3 Å². The second kappa shape index (κ2) is 7.06. The molecule has 1 rings (SSSR count). The molecule has 0 aliphatic heterocycles. The molecule has 17 heavy (non-hydrogen) atoms. The Morgan fingerprint density at radius 1 is 1.41 bits per heavy atom. The fraction of sp³-hybridized carbons (Fsp3) is 0.667. The Kier molecular flexibility index (Phi) is 5.69. The lowest BCUT2D eigenvalue weighted by Crippen LogP contribution is -2.21. The first-order valence-electron chi connectivity index (χ1n) is 6.20. The van der Waals surface area contributed by atoms with Crippen molar-refractivity contribution in [2.24, 2.45) is 0 Å². The molecule has 1 unspecified atom stereocenters. The second-order valence-corrected chi connectivity index (χ2v) is 4.11. The third-order valence-corrected chi connectivity index (χ3v) is 2.59. The molecule has 1 aromatic heterocycles. The zero-order valence-electron chi connectivity index (χ0n) is 10.6. The predicted octanol–water partition coefficient (Wildman–Crippen LogP) is 1.58. The van der Waals surface area contributed by atoms with Gasteiger partial charge in [-0.2, -0.15) is 0 Å². The molecule has 0 amide bonds. The SMILES string of the molecule is CCCc1nc(N)cc(NC(CC)CCO)n1. The molecule has 4 N–H and O–H groups in total. The number of nitrogens with zero attached hydrogens (tertiary/aromatic N) is 2. The van der Waals surface area contributed by atoms with E-state index in [0.717, 1.165) is 30.9 Å². The van der Waals surface area contributed by atoms with Crippen molar-refractivity contribution in [3.05, 3.63) is 11.9 Å². The van der Waals surface area contributed by atoms with Crippen LogP contribution in [0, 0.1) is 0 Å². The molecule has 1 atom stereocenters. The normalized spacial score (nSPS) is 12.4. The Hall–Kier alpha value is -1.36. The average molecular weight is 238 g/mol. The number of hydrogen-bond acceptors (Lipinski definition) is 5. The molecule has 0 bridgehead atoms. The van der Waals surface area contributed by atoms with Crippen LogP contribution >= 0.6 is 0 Å². The summed E-state index contributed by atoms with van der Waals surface area (Å²) in [5.41, 5.74) is 5.74. The highest BCUT2D eigenvalue weighted by Crippen LogP contribution is 2.13. The zero-order chi connectivity index (χ0) is 12.7. The molecule has 1 aromatic rings. The van der Waals surface area contributed by atoms with Gasteiger partial charge in [0.2, 0.25) is 0 Å². The third kappa shape index (κ3) is 4.56. The van der Waals surface area contributed by atoms with Gasteiger partial charge < -0.3 is 16.2 Å². The van der Waals surface area contributed by atoms with Crippen LogP contribution in [0.2, 0.25) is 0 Å². The number of nitrogens with two attached hydrogens (primary N) is 1. The molecule has 5 heteroatoms. The van der Waals surface area contributed by atoms with E-state index in [2.05, 4.69) is 29.1 Å². The van der Waals surface area contributed by atoms with Crippen LogP contribution in [0.1, 0.15) is 38.9 Å². The highest BCUT2D eigenvalue weighted by atomic mass is 16.3. The van der Waals surface area contributed by atoms with Gasteiger partial charge in [0, 0.05) is 25.1 Å². The fourth-order valence-corrected chi connectivity index (χ4v) is 1.67. The van der Waals surface area contributed by atoms with E-state index in [-0.39, 0.29) is 12.6 Å². The summed E-state index contributed by atoms with van der Waals surface area (Å²) in [5, 5.41) is 12.2. The highest BCUT2D eigenvalue weighted by Gasteiger charge is 2.08. The minimum Gasteiger partial charge on any atom is -0.396 e. The van der Waals surface area contributed by atoms with E-state index >= 15 is 0 Å². The maximum absolute atomic E-state index is 8.94. The lowest BCUT2D eigenvalue weighted by molar-refractivity contribution is 0.278. The van der Waals surface area contributed by atoms with Crippen molar-refractivity contribution in [2.45, 2.75) is 45.6 Å². The van der Waals surface area contributed by atoms with Gasteiger partial charge in [0.05, 0.1) is 0 Å². The van der Waals surface area contributed by atoms with E-state index in [9.17, 15) is 0 Å². The Bertz CT molecular complexity index is 343. The number of hydrogen-bond donors (Lipinski definition) is 3. The lowest BCUT2D eigenvalue weighted by atomic mass is 10.1. The van der Waals surface area contributed by atoms with Crippen LogP contribution in [0.3, 0.4) is 0 Å². The van der Waals surface area contributed by atoms with Crippen molar-refractivity contribution in [3.63, 3.8) is 0 Å². The van der Waals surface area contributed by atoms with E-state index in [4.69, 9.17) is 10.8 Å². The van der Waals surface area contributed by atoms with E-state index in [1.54, 1.807) is 6.07 Å². The Balaban J connectivity index is 2.75. The molecule has 5 nitrogen and oxygen atoms in total. The minimum absolute atomic E-state index is 0.174. The molecule has 0 fully saturated rings. The van der Waals surface area contributed by atoms with Crippen molar-refractivity contribution in [1.82, 2.24) is 9.97 Å². The van der Waals surface area contributed by atoms with Crippen LogP contribution in [-0.2, 0) is 6.42 Å². The Morgan fingerprint density at radius 3 is 2.76 bits per heavy atom. The van der Waals surface area contributed by atoms with E-state index in [1.807, 2.05) is 0 Å². The monoisotopic (exact) mass is 238 g/mol. The maximum Gasteiger partial charge on any atom is 0.133 e. The quantitative estimate of drug-likeness (QED) is 0.671. The smallest absolute Gasteiger partial charge is 0.133 e. The van der Waals surface area contributed by atoms with E-state index in [0.29, 0.717) is 12.2 Å². The number of aliphatic hydroxyl groups is 1.